The molecule has 3 rings (SSSR count). The maximum atomic E-state index is 13.1. The number of rotatable bonds is 4. The first-order valence-corrected chi connectivity index (χ1v) is 8.27. The summed E-state index contributed by atoms with van der Waals surface area (Å²) < 4.78 is 30.9. The van der Waals surface area contributed by atoms with Crippen molar-refractivity contribution in [2.45, 2.75) is 19.3 Å². The molecule has 0 saturated carbocycles. The predicted octanol–water partition coefficient (Wildman–Crippen LogP) is 3.18. The fourth-order valence-corrected chi connectivity index (χ4v) is 3.92. The van der Waals surface area contributed by atoms with Crippen LogP contribution in [0.5, 0.6) is 0 Å². The van der Waals surface area contributed by atoms with Crippen molar-refractivity contribution in [2.24, 2.45) is 0 Å². The first-order chi connectivity index (χ1) is 12.0. The van der Waals surface area contributed by atoms with Crippen LogP contribution in [0.25, 0.3) is 0 Å². The number of carbonyl (C=O) groups excluding carboxylic acids is 2. The van der Waals surface area contributed by atoms with E-state index in [0.717, 1.165) is 41.8 Å². The number of anilines is 1. The Labute approximate surface area is 145 Å². The number of hydrogen-bond donors (Lipinski definition) is 1. The maximum absolute atomic E-state index is 13.1. The number of carbonyl (C=O) groups is 2. The van der Waals surface area contributed by atoms with Crippen LogP contribution < -0.4 is 5.32 Å². The van der Waals surface area contributed by atoms with E-state index in [1.807, 2.05) is 0 Å². The number of fused-ring (bicyclic) bond motifs is 1. The molecule has 0 saturated heterocycles. The number of ether oxygens (including phenoxy) is 1. The molecule has 1 aliphatic carbocycles. The normalized spacial score (nSPS) is 12.4. The lowest BCUT2D eigenvalue weighted by Gasteiger charge is -2.06. The first kappa shape index (κ1) is 17.0. The molecule has 1 aromatic carbocycles. The van der Waals surface area contributed by atoms with Crippen molar-refractivity contribution in [3.63, 3.8) is 0 Å². The average Bonchev–Trinajstić information content (AvgIpc) is 3.12. The number of hydrogen-bond acceptors (Lipinski definition) is 5. The Morgan fingerprint density at radius 3 is 2.64 bits per heavy atom. The Morgan fingerprint density at radius 2 is 1.96 bits per heavy atom. The van der Waals surface area contributed by atoms with Crippen LogP contribution in [0.4, 0.5) is 13.8 Å². The zero-order valence-electron chi connectivity index (χ0n) is 12.9. The number of thiophene rings is 1. The topological polar surface area (TPSA) is 79.2 Å². The molecule has 1 aromatic heterocycles. The molecular formula is C17H12F2N2O3S. The van der Waals surface area contributed by atoms with Gasteiger partial charge in [-0.3, -0.25) is 4.79 Å². The lowest BCUT2D eigenvalue weighted by molar-refractivity contribution is -0.119. The lowest BCUT2D eigenvalue weighted by Crippen LogP contribution is -2.21. The summed E-state index contributed by atoms with van der Waals surface area (Å²) in [5.74, 6) is -3.46. The molecule has 1 aliphatic rings. The van der Waals surface area contributed by atoms with Crippen LogP contribution in [0, 0.1) is 23.0 Å². The molecule has 0 spiro atoms. The van der Waals surface area contributed by atoms with Gasteiger partial charge in [0.15, 0.2) is 6.61 Å². The maximum Gasteiger partial charge on any atom is 0.338 e. The van der Waals surface area contributed by atoms with Gasteiger partial charge in [0, 0.05) is 10.9 Å². The Kier molecular flexibility index (Phi) is 4.76. The summed E-state index contributed by atoms with van der Waals surface area (Å²) in [4.78, 5) is 24.8. The number of amides is 1. The molecule has 0 radical (unpaired) electrons. The smallest absolute Gasteiger partial charge is 0.338 e. The summed E-state index contributed by atoms with van der Waals surface area (Å²) in [5, 5.41) is 12.2. The molecule has 0 atom stereocenters. The minimum atomic E-state index is -1.01. The Balaban J connectivity index is 1.62. The van der Waals surface area contributed by atoms with Crippen LogP contribution >= 0.6 is 11.3 Å². The van der Waals surface area contributed by atoms with Crippen LogP contribution in [0.2, 0.25) is 0 Å². The highest BCUT2D eigenvalue weighted by Gasteiger charge is 2.23. The third-order valence-electron chi connectivity index (χ3n) is 3.72. The summed E-state index contributed by atoms with van der Waals surface area (Å²) in [6.45, 7) is -0.621. The summed E-state index contributed by atoms with van der Waals surface area (Å²) in [6.07, 6.45) is 2.68. The second kappa shape index (κ2) is 6.99. The van der Waals surface area contributed by atoms with E-state index in [0.29, 0.717) is 16.6 Å². The van der Waals surface area contributed by atoms with Crippen LogP contribution in [-0.4, -0.2) is 18.5 Å². The molecular weight excluding hydrogens is 350 g/mol. The zero-order chi connectivity index (χ0) is 18.0. The molecule has 2 aromatic rings. The lowest BCUT2D eigenvalue weighted by atomic mass is 10.1. The van der Waals surface area contributed by atoms with Gasteiger partial charge in [-0.25, -0.2) is 13.6 Å². The van der Waals surface area contributed by atoms with Crippen molar-refractivity contribution in [1.29, 1.82) is 5.26 Å². The van der Waals surface area contributed by atoms with Crippen molar-refractivity contribution in [3.05, 3.63) is 51.4 Å². The van der Waals surface area contributed by atoms with Gasteiger partial charge in [-0.2, -0.15) is 5.26 Å². The third kappa shape index (κ3) is 3.67. The molecule has 1 N–H and O–H groups in total. The highest BCUT2D eigenvalue weighted by atomic mass is 32.1. The fraction of sp³-hybridized carbons (Fsp3) is 0.235. The van der Waals surface area contributed by atoms with Crippen LogP contribution in [0.15, 0.2) is 18.2 Å². The first-order valence-electron chi connectivity index (χ1n) is 7.45. The second-order valence-electron chi connectivity index (χ2n) is 5.46. The molecule has 1 heterocycles. The van der Waals surface area contributed by atoms with Gasteiger partial charge in [-0.05, 0) is 37.0 Å². The molecule has 0 unspecified atom stereocenters. The summed E-state index contributed by atoms with van der Waals surface area (Å²) in [7, 11) is 0. The summed E-state index contributed by atoms with van der Waals surface area (Å²) in [5.41, 5.74) is 1.09. The van der Waals surface area contributed by atoms with Crippen molar-refractivity contribution >= 4 is 28.2 Å². The van der Waals surface area contributed by atoms with Gasteiger partial charge in [-0.15, -0.1) is 11.3 Å². The van der Waals surface area contributed by atoms with Crippen molar-refractivity contribution < 1.29 is 23.1 Å². The summed E-state index contributed by atoms with van der Waals surface area (Å²) >= 11 is 1.34. The van der Waals surface area contributed by atoms with E-state index in [1.54, 1.807) is 0 Å². The molecule has 128 valence electrons. The van der Waals surface area contributed by atoms with E-state index in [9.17, 15) is 23.6 Å². The van der Waals surface area contributed by atoms with Gasteiger partial charge < -0.3 is 10.1 Å². The summed E-state index contributed by atoms with van der Waals surface area (Å²) in [6, 6.07) is 4.36. The van der Waals surface area contributed by atoms with Gasteiger partial charge in [0.05, 0.1) is 11.1 Å². The largest absolute Gasteiger partial charge is 0.452 e. The number of esters is 1. The van der Waals surface area contributed by atoms with E-state index in [2.05, 4.69) is 11.4 Å². The Bertz CT molecular complexity index is 882. The van der Waals surface area contributed by atoms with Gasteiger partial charge in [0.1, 0.15) is 22.7 Å². The molecule has 0 bridgehead atoms. The Morgan fingerprint density at radius 1 is 1.24 bits per heavy atom. The average molecular weight is 362 g/mol. The molecule has 0 aliphatic heterocycles. The highest BCUT2D eigenvalue weighted by molar-refractivity contribution is 7.16. The van der Waals surface area contributed by atoms with E-state index in [-0.39, 0.29) is 5.56 Å². The monoisotopic (exact) mass is 362 g/mol. The van der Waals surface area contributed by atoms with E-state index in [4.69, 9.17) is 4.74 Å². The Hall–Kier alpha value is -2.79. The zero-order valence-corrected chi connectivity index (χ0v) is 13.7. The van der Waals surface area contributed by atoms with Gasteiger partial charge >= 0.3 is 5.97 Å². The number of halogens is 2. The van der Waals surface area contributed by atoms with E-state index < -0.39 is 30.1 Å². The van der Waals surface area contributed by atoms with Crippen molar-refractivity contribution in [2.75, 3.05) is 11.9 Å². The number of nitriles is 1. The molecule has 0 fully saturated rings. The molecule has 8 heteroatoms. The van der Waals surface area contributed by atoms with E-state index >= 15 is 0 Å². The van der Waals surface area contributed by atoms with Crippen molar-refractivity contribution in [1.82, 2.24) is 0 Å². The number of aryl methyl sites for hydroxylation is 1. The second-order valence-corrected chi connectivity index (χ2v) is 6.56. The number of nitrogens with one attached hydrogen (secondary N) is 1. The SMILES string of the molecule is N#Cc1c(NC(=O)COC(=O)c2cc(F)cc(F)c2)sc2c1CCC2. The van der Waals surface area contributed by atoms with E-state index in [1.165, 1.54) is 11.3 Å². The quantitative estimate of drug-likeness (QED) is 0.847. The minimum Gasteiger partial charge on any atom is -0.452 e. The molecule has 1 amide bonds. The van der Waals surface area contributed by atoms with Gasteiger partial charge in [-0.1, -0.05) is 0 Å². The predicted molar refractivity (Wildman–Crippen MR) is 86.3 cm³/mol. The number of nitrogens with zero attached hydrogens (tertiary/aromatic N) is 1. The number of benzene rings is 1. The van der Waals surface area contributed by atoms with Crippen LogP contribution in [0.1, 0.15) is 32.8 Å². The van der Waals surface area contributed by atoms with Crippen molar-refractivity contribution in [3.8, 4) is 6.07 Å². The van der Waals surface area contributed by atoms with Gasteiger partial charge in [0.25, 0.3) is 5.91 Å². The molecule has 25 heavy (non-hydrogen) atoms. The van der Waals surface area contributed by atoms with Crippen LogP contribution in [-0.2, 0) is 22.4 Å². The van der Waals surface area contributed by atoms with Gasteiger partial charge in [0.2, 0.25) is 0 Å². The fourth-order valence-electron chi connectivity index (χ4n) is 2.66. The third-order valence-corrected chi connectivity index (χ3v) is 4.93. The molecule has 5 nitrogen and oxygen atoms in total. The van der Waals surface area contributed by atoms with Crippen LogP contribution in [0.3, 0.4) is 0 Å². The standard InChI is InChI=1S/C17H12F2N2O3S/c18-10-4-9(5-11(19)6-10)17(23)24-8-15(22)21-16-13(7-20)12-2-1-3-14(12)25-16/h4-6H,1-3,8H2,(H,21,22). The minimum absolute atomic E-state index is 0.321. The highest BCUT2D eigenvalue weighted by Crippen LogP contribution is 2.38.